The Morgan fingerprint density at radius 3 is 2.00 bits per heavy atom. The number of rotatable bonds is 0. The van der Waals surface area contributed by atoms with Crippen LogP contribution in [0.3, 0.4) is 0 Å². The molecule has 0 aromatic heterocycles. The average Bonchev–Trinajstić information content (AvgIpc) is 1.62. The van der Waals surface area contributed by atoms with Gasteiger partial charge in [0.25, 0.3) is 0 Å². The molecule has 0 unspecified atom stereocenters. The molecule has 0 aliphatic heterocycles. The predicted octanol–water partition coefficient (Wildman–Crippen LogP) is 2.61. The van der Waals surface area contributed by atoms with Gasteiger partial charge in [-0.3, -0.25) is 0 Å². The van der Waals surface area contributed by atoms with E-state index in [-0.39, 0.29) is 5.41 Å². The van der Waals surface area contributed by atoms with Crippen LogP contribution in [0, 0.1) is 17.8 Å². The molecule has 0 rings (SSSR count). The van der Waals surface area contributed by atoms with E-state index in [0.29, 0.717) is 0 Å². The minimum Gasteiger partial charge on any atom is -0.115 e. The molecule has 0 atom stereocenters. The van der Waals surface area contributed by atoms with Crippen LogP contribution in [-0.2, 0) is 0 Å². The van der Waals surface area contributed by atoms with Gasteiger partial charge in [-0.05, 0) is 17.9 Å². The zero-order valence-electron chi connectivity index (χ0n) is 6.65. The molecule has 0 aromatic carbocycles. The SMILES string of the molecule is C#C/C(C)=C/C(C)(C)C. The van der Waals surface area contributed by atoms with Crippen molar-refractivity contribution in [1.29, 1.82) is 0 Å². The van der Waals surface area contributed by atoms with Crippen molar-refractivity contribution < 1.29 is 0 Å². The first kappa shape index (κ1) is 8.30. The van der Waals surface area contributed by atoms with Crippen molar-refractivity contribution in [2.75, 3.05) is 0 Å². The Bertz CT molecular complexity index is 148. The molecule has 0 N–H and O–H groups in total. The van der Waals surface area contributed by atoms with Gasteiger partial charge in [-0.1, -0.05) is 32.8 Å². The molecule has 9 heavy (non-hydrogen) atoms. The molecule has 0 fully saturated rings. The molecular formula is C9H14. The van der Waals surface area contributed by atoms with E-state index in [1.165, 1.54) is 0 Å². The third-order valence-corrected chi connectivity index (χ3v) is 0.877. The van der Waals surface area contributed by atoms with Crippen LogP contribution >= 0.6 is 0 Å². The number of hydrogen-bond donors (Lipinski definition) is 0. The lowest BCUT2D eigenvalue weighted by molar-refractivity contribution is 0.541. The molecule has 0 nitrogen and oxygen atoms in total. The van der Waals surface area contributed by atoms with Crippen LogP contribution in [0.5, 0.6) is 0 Å². The molecular weight excluding hydrogens is 108 g/mol. The lowest BCUT2D eigenvalue weighted by atomic mass is 9.94. The summed E-state index contributed by atoms with van der Waals surface area (Å²) in [6.07, 6.45) is 7.25. The maximum absolute atomic E-state index is 5.16. The van der Waals surface area contributed by atoms with Crippen molar-refractivity contribution in [3.05, 3.63) is 11.6 Å². The third kappa shape index (κ3) is 5.17. The molecule has 50 valence electrons. The van der Waals surface area contributed by atoms with Crippen LogP contribution in [0.15, 0.2) is 11.6 Å². The first-order valence-corrected chi connectivity index (χ1v) is 3.12. The largest absolute Gasteiger partial charge is 0.115 e. The highest BCUT2D eigenvalue weighted by Crippen LogP contribution is 2.16. The highest BCUT2D eigenvalue weighted by atomic mass is 14.1. The monoisotopic (exact) mass is 122 g/mol. The Morgan fingerprint density at radius 2 is 1.89 bits per heavy atom. The fraction of sp³-hybridized carbons (Fsp3) is 0.556. The Labute approximate surface area is 58.0 Å². The number of terminal acetylenes is 1. The number of allylic oxidation sites excluding steroid dienone is 2. The summed E-state index contributed by atoms with van der Waals surface area (Å²) in [6, 6.07) is 0. The maximum Gasteiger partial charge on any atom is -0.00480 e. The Morgan fingerprint density at radius 1 is 1.44 bits per heavy atom. The summed E-state index contributed by atoms with van der Waals surface area (Å²) in [4.78, 5) is 0. The zero-order valence-corrected chi connectivity index (χ0v) is 6.65. The van der Waals surface area contributed by atoms with E-state index < -0.39 is 0 Å². The van der Waals surface area contributed by atoms with Gasteiger partial charge < -0.3 is 0 Å². The van der Waals surface area contributed by atoms with Gasteiger partial charge in [-0.15, -0.1) is 6.42 Å². The van der Waals surface area contributed by atoms with E-state index >= 15 is 0 Å². The minimum atomic E-state index is 0.219. The molecule has 0 radical (unpaired) electrons. The summed E-state index contributed by atoms with van der Waals surface area (Å²) in [5, 5.41) is 0. The van der Waals surface area contributed by atoms with E-state index in [9.17, 15) is 0 Å². The van der Waals surface area contributed by atoms with Crippen molar-refractivity contribution in [1.82, 2.24) is 0 Å². The molecule has 0 aliphatic rings. The van der Waals surface area contributed by atoms with Gasteiger partial charge in [-0.25, -0.2) is 0 Å². The van der Waals surface area contributed by atoms with Gasteiger partial charge in [0.1, 0.15) is 0 Å². The van der Waals surface area contributed by atoms with Crippen LogP contribution in [-0.4, -0.2) is 0 Å². The van der Waals surface area contributed by atoms with Crippen LogP contribution in [0.4, 0.5) is 0 Å². The van der Waals surface area contributed by atoms with Crippen LogP contribution in [0.2, 0.25) is 0 Å². The molecule has 0 amide bonds. The maximum atomic E-state index is 5.16. The second-order valence-corrected chi connectivity index (χ2v) is 3.34. The van der Waals surface area contributed by atoms with Gasteiger partial charge in [0.2, 0.25) is 0 Å². The second-order valence-electron chi connectivity index (χ2n) is 3.34. The summed E-state index contributed by atoms with van der Waals surface area (Å²) in [6.45, 7) is 8.35. The Balaban J connectivity index is 4.17. The van der Waals surface area contributed by atoms with Crippen LogP contribution in [0.25, 0.3) is 0 Å². The van der Waals surface area contributed by atoms with Gasteiger partial charge in [0.15, 0.2) is 0 Å². The topological polar surface area (TPSA) is 0 Å². The Hall–Kier alpha value is -0.700. The Kier molecular flexibility index (Phi) is 2.52. The molecule has 0 aliphatic carbocycles. The fourth-order valence-electron chi connectivity index (χ4n) is 0.691. The quantitative estimate of drug-likeness (QED) is 0.433. The van der Waals surface area contributed by atoms with Gasteiger partial charge in [-0.2, -0.15) is 0 Å². The smallest absolute Gasteiger partial charge is 0.00480 e. The summed E-state index contributed by atoms with van der Waals surface area (Å²) in [7, 11) is 0. The standard InChI is InChI=1S/C9H14/c1-6-8(2)7-9(3,4)5/h1,7H,2-5H3/b8-7+. The average molecular weight is 122 g/mol. The number of hydrogen-bond acceptors (Lipinski definition) is 0. The van der Waals surface area contributed by atoms with E-state index in [1.807, 2.05) is 6.92 Å². The first-order valence-electron chi connectivity index (χ1n) is 3.12. The van der Waals surface area contributed by atoms with E-state index in [4.69, 9.17) is 6.42 Å². The molecule has 0 heterocycles. The molecule has 0 aromatic rings. The van der Waals surface area contributed by atoms with Crippen molar-refractivity contribution in [2.45, 2.75) is 27.7 Å². The highest BCUT2D eigenvalue weighted by molar-refractivity contribution is 5.24. The van der Waals surface area contributed by atoms with Crippen molar-refractivity contribution >= 4 is 0 Å². The highest BCUT2D eigenvalue weighted by Gasteiger charge is 2.04. The second kappa shape index (κ2) is 2.73. The zero-order chi connectivity index (χ0) is 7.49. The van der Waals surface area contributed by atoms with E-state index in [0.717, 1.165) is 5.57 Å². The summed E-state index contributed by atoms with van der Waals surface area (Å²) in [5.74, 6) is 2.58. The molecule has 0 saturated heterocycles. The summed E-state index contributed by atoms with van der Waals surface area (Å²) < 4.78 is 0. The lowest BCUT2D eigenvalue weighted by Crippen LogP contribution is -1.99. The van der Waals surface area contributed by atoms with Gasteiger partial charge in [0.05, 0.1) is 0 Å². The first-order chi connectivity index (χ1) is 3.95. The fourth-order valence-corrected chi connectivity index (χ4v) is 0.691. The minimum absolute atomic E-state index is 0.219. The summed E-state index contributed by atoms with van der Waals surface area (Å²) in [5.41, 5.74) is 1.23. The normalized spacial score (nSPS) is 13.0. The van der Waals surface area contributed by atoms with Gasteiger partial charge >= 0.3 is 0 Å². The van der Waals surface area contributed by atoms with E-state index in [2.05, 4.69) is 32.8 Å². The molecule has 0 heteroatoms. The predicted molar refractivity (Wildman–Crippen MR) is 42.0 cm³/mol. The third-order valence-electron chi connectivity index (χ3n) is 0.877. The van der Waals surface area contributed by atoms with E-state index in [1.54, 1.807) is 0 Å². The van der Waals surface area contributed by atoms with Crippen LogP contribution < -0.4 is 0 Å². The van der Waals surface area contributed by atoms with Gasteiger partial charge in [0, 0.05) is 0 Å². The van der Waals surface area contributed by atoms with Crippen molar-refractivity contribution in [2.24, 2.45) is 5.41 Å². The van der Waals surface area contributed by atoms with Crippen molar-refractivity contribution in [3.8, 4) is 12.3 Å². The molecule has 0 bridgehead atoms. The summed E-state index contributed by atoms with van der Waals surface area (Å²) >= 11 is 0. The lowest BCUT2D eigenvalue weighted by Gasteiger charge is -2.11. The van der Waals surface area contributed by atoms with Crippen LogP contribution in [0.1, 0.15) is 27.7 Å². The molecule has 0 spiro atoms. The van der Waals surface area contributed by atoms with Crippen molar-refractivity contribution in [3.63, 3.8) is 0 Å². The molecule has 0 saturated carbocycles.